The largest absolute Gasteiger partial charge is 0.481 e. The lowest BCUT2D eigenvalue weighted by atomic mass is 9.95. The highest BCUT2D eigenvalue weighted by Gasteiger charge is 2.17. The molecule has 0 bridgehead atoms. The van der Waals surface area contributed by atoms with Crippen molar-refractivity contribution in [3.8, 4) is 17.0 Å². The van der Waals surface area contributed by atoms with E-state index in [2.05, 4.69) is 49.2 Å². The zero-order valence-electron chi connectivity index (χ0n) is 18.0. The molecular weight excluding hydrogens is 394 g/mol. The number of rotatable bonds is 10. The van der Waals surface area contributed by atoms with E-state index >= 15 is 0 Å². The molecule has 0 amide bonds. The van der Waals surface area contributed by atoms with Crippen molar-refractivity contribution in [3.63, 3.8) is 0 Å². The van der Waals surface area contributed by atoms with Gasteiger partial charge in [0.15, 0.2) is 0 Å². The maximum atomic E-state index is 11.1. The van der Waals surface area contributed by atoms with Crippen molar-refractivity contribution in [3.05, 3.63) is 83.0 Å². The summed E-state index contributed by atoms with van der Waals surface area (Å²) in [6.07, 6.45) is 0.773. The smallest absolute Gasteiger partial charge is 0.306 e. The molecule has 1 N–H and O–H groups in total. The molecule has 0 spiro atoms. The average Bonchev–Trinajstić information content (AvgIpc) is 2.75. The van der Waals surface area contributed by atoms with E-state index < -0.39 is 12.1 Å². The molecule has 162 valence electrons. The van der Waals surface area contributed by atoms with Crippen molar-refractivity contribution in [2.75, 3.05) is 13.9 Å². The van der Waals surface area contributed by atoms with Crippen LogP contribution in [-0.2, 0) is 20.9 Å². The lowest BCUT2D eigenvalue weighted by molar-refractivity contribution is -0.143. The molecule has 6 heteroatoms. The number of aryl methyl sites for hydroxylation is 2. The van der Waals surface area contributed by atoms with Gasteiger partial charge in [0.05, 0.1) is 12.5 Å². The monoisotopic (exact) mass is 421 g/mol. The number of aromatic nitrogens is 1. The molecule has 3 rings (SSSR count). The van der Waals surface area contributed by atoms with E-state index in [4.69, 9.17) is 19.3 Å². The maximum absolute atomic E-state index is 11.1. The van der Waals surface area contributed by atoms with Crippen molar-refractivity contribution in [2.45, 2.75) is 33.0 Å². The van der Waals surface area contributed by atoms with E-state index in [9.17, 15) is 4.79 Å². The number of benzene rings is 2. The molecule has 1 unspecified atom stereocenters. The minimum Gasteiger partial charge on any atom is -0.481 e. The third-order valence-corrected chi connectivity index (χ3v) is 4.96. The summed E-state index contributed by atoms with van der Waals surface area (Å²) in [5, 5.41) is 9.08. The second-order valence-electron chi connectivity index (χ2n) is 7.35. The normalized spacial score (nSPS) is 11.8. The Labute approximate surface area is 182 Å². The molecule has 31 heavy (non-hydrogen) atoms. The van der Waals surface area contributed by atoms with Gasteiger partial charge in [0.1, 0.15) is 13.4 Å². The third-order valence-electron chi connectivity index (χ3n) is 4.96. The topological polar surface area (TPSA) is 77.9 Å². The lowest BCUT2D eigenvalue weighted by Gasteiger charge is -2.16. The fourth-order valence-electron chi connectivity index (χ4n) is 3.49. The van der Waals surface area contributed by atoms with E-state index in [0.29, 0.717) is 18.1 Å². The number of methoxy groups -OCH3 is 1. The second kappa shape index (κ2) is 10.7. The predicted octanol–water partition coefficient (Wildman–Crippen LogP) is 5.08. The minimum absolute atomic E-state index is 0.00685. The highest BCUT2D eigenvalue weighted by atomic mass is 16.7. The molecule has 0 radical (unpaired) electrons. The van der Waals surface area contributed by atoms with Gasteiger partial charge in [-0.2, -0.15) is 0 Å². The van der Waals surface area contributed by atoms with Crippen LogP contribution < -0.4 is 4.74 Å². The van der Waals surface area contributed by atoms with E-state index in [-0.39, 0.29) is 13.2 Å². The average molecular weight is 421 g/mol. The number of pyridine rings is 1. The van der Waals surface area contributed by atoms with Crippen LogP contribution in [-0.4, -0.2) is 30.0 Å². The van der Waals surface area contributed by atoms with Gasteiger partial charge in [-0.3, -0.25) is 4.79 Å². The van der Waals surface area contributed by atoms with Crippen LogP contribution >= 0.6 is 0 Å². The van der Waals surface area contributed by atoms with Crippen molar-refractivity contribution in [1.82, 2.24) is 4.98 Å². The summed E-state index contributed by atoms with van der Waals surface area (Å²) in [7, 11) is 1.49. The molecule has 0 aliphatic rings. The van der Waals surface area contributed by atoms with Crippen LogP contribution in [0.25, 0.3) is 11.1 Å². The number of nitrogens with zero attached hydrogens (tertiary/aromatic N) is 1. The number of hydrogen-bond acceptors (Lipinski definition) is 5. The summed E-state index contributed by atoms with van der Waals surface area (Å²) in [5.74, 6) is -0.493. The fraction of sp³-hybridized carbons (Fsp3) is 0.280. The van der Waals surface area contributed by atoms with Gasteiger partial charge in [0.25, 0.3) is 0 Å². The first kappa shape index (κ1) is 22.5. The highest BCUT2D eigenvalue weighted by molar-refractivity contribution is 5.71. The van der Waals surface area contributed by atoms with Gasteiger partial charge in [-0.15, -0.1) is 0 Å². The van der Waals surface area contributed by atoms with Gasteiger partial charge in [-0.1, -0.05) is 36.4 Å². The molecule has 1 heterocycles. The molecule has 1 atom stereocenters. The van der Waals surface area contributed by atoms with Crippen LogP contribution in [0, 0.1) is 13.8 Å². The number of carboxylic acids is 1. The standard InChI is InChI=1S/C25H27NO5/c1-17-6-4-7-18(2)25(17)20-9-5-8-19(12-20)15-30-23-11-10-21(14-26-23)22(13-24(27)28)31-16-29-3/h4-12,14,22H,13,15-16H2,1-3H3,(H,27,28). The van der Waals surface area contributed by atoms with Crippen LogP contribution in [0.1, 0.15) is 34.8 Å². The Hall–Kier alpha value is -3.22. The Morgan fingerprint density at radius 2 is 1.81 bits per heavy atom. The molecular formula is C25H27NO5. The van der Waals surface area contributed by atoms with Crippen molar-refractivity contribution in [1.29, 1.82) is 0 Å². The van der Waals surface area contributed by atoms with Gasteiger partial charge >= 0.3 is 5.97 Å². The summed E-state index contributed by atoms with van der Waals surface area (Å²) < 4.78 is 16.2. The van der Waals surface area contributed by atoms with E-state index in [1.54, 1.807) is 18.3 Å². The summed E-state index contributed by atoms with van der Waals surface area (Å²) in [6.45, 7) is 4.62. The molecule has 0 aliphatic carbocycles. The SMILES string of the molecule is COCOC(CC(=O)O)c1ccc(OCc2cccc(-c3c(C)cccc3C)c2)nc1. The van der Waals surface area contributed by atoms with Crippen molar-refractivity contribution < 1.29 is 24.1 Å². The van der Waals surface area contributed by atoms with Gasteiger partial charge < -0.3 is 19.3 Å². The fourth-order valence-corrected chi connectivity index (χ4v) is 3.49. The zero-order chi connectivity index (χ0) is 22.2. The Kier molecular flexibility index (Phi) is 7.76. The minimum atomic E-state index is -0.954. The predicted molar refractivity (Wildman–Crippen MR) is 118 cm³/mol. The summed E-state index contributed by atoms with van der Waals surface area (Å²) in [6, 6.07) is 18.1. The molecule has 0 aliphatic heterocycles. The highest BCUT2D eigenvalue weighted by Crippen LogP contribution is 2.28. The van der Waals surface area contributed by atoms with E-state index in [1.807, 2.05) is 12.1 Å². The molecule has 0 saturated carbocycles. The molecule has 3 aromatic rings. The van der Waals surface area contributed by atoms with Gasteiger partial charge in [0.2, 0.25) is 5.88 Å². The maximum Gasteiger partial charge on any atom is 0.306 e. The third kappa shape index (κ3) is 6.13. The number of carboxylic acid groups (broad SMARTS) is 1. The quantitative estimate of drug-likeness (QED) is 0.460. The summed E-state index contributed by atoms with van der Waals surface area (Å²) >= 11 is 0. The first-order chi connectivity index (χ1) is 15.0. The summed E-state index contributed by atoms with van der Waals surface area (Å²) in [5.41, 5.74) is 6.57. The Morgan fingerprint density at radius 1 is 1.06 bits per heavy atom. The van der Waals surface area contributed by atoms with Crippen LogP contribution in [0.4, 0.5) is 0 Å². The zero-order valence-corrected chi connectivity index (χ0v) is 18.0. The van der Waals surface area contributed by atoms with Crippen LogP contribution in [0.5, 0.6) is 5.88 Å². The Morgan fingerprint density at radius 3 is 2.45 bits per heavy atom. The van der Waals surface area contributed by atoms with Gasteiger partial charge in [-0.25, -0.2) is 4.98 Å². The van der Waals surface area contributed by atoms with Crippen molar-refractivity contribution in [2.24, 2.45) is 0 Å². The number of carbonyl (C=O) groups is 1. The summed E-state index contributed by atoms with van der Waals surface area (Å²) in [4.78, 5) is 15.4. The van der Waals surface area contributed by atoms with E-state index in [1.165, 1.54) is 23.8 Å². The molecule has 6 nitrogen and oxygen atoms in total. The van der Waals surface area contributed by atoms with Crippen molar-refractivity contribution >= 4 is 5.97 Å². The molecule has 0 saturated heterocycles. The van der Waals surface area contributed by atoms with Gasteiger partial charge in [-0.05, 0) is 53.8 Å². The lowest BCUT2D eigenvalue weighted by Crippen LogP contribution is -2.12. The first-order valence-corrected chi connectivity index (χ1v) is 10.0. The number of hydrogen-bond donors (Lipinski definition) is 1. The van der Waals surface area contributed by atoms with E-state index in [0.717, 1.165) is 11.1 Å². The molecule has 0 fully saturated rings. The molecule has 2 aromatic carbocycles. The number of aliphatic carboxylic acids is 1. The van der Waals surface area contributed by atoms with Crippen LogP contribution in [0.15, 0.2) is 60.8 Å². The molecule has 1 aromatic heterocycles. The Balaban J connectivity index is 1.68. The Bertz CT molecular complexity index is 996. The second-order valence-corrected chi connectivity index (χ2v) is 7.35. The van der Waals surface area contributed by atoms with Gasteiger partial charge in [0, 0.05) is 24.9 Å². The van der Waals surface area contributed by atoms with Crippen LogP contribution in [0.2, 0.25) is 0 Å². The van der Waals surface area contributed by atoms with Crippen LogP contribution in [0.3, 0.4) is 0 Å². The number of ether oxygens (including phenoxy) is 3. The first-order valence-electron chi connectivity index (χ1n) is 10.0.